The first-order valence-corrected chi connectivity index (χ1v) is 7.42. The van der Waals surface area contributed by atoms with Gasteiger partial charge in [0.05, 0.1) is 0 Å². The van der Waals surface area contributed by atoms with Crippen LogP contribution in [-0.2, 0) is 6.54 Å². The van der Waals surface area contributed by atoms with Crippen LogP contribution in [0.4, 0.5) is 0 Å². The highest BCUT2D eigenvalue weighted by molar-refractivity contribution is 5.24. The zero-order valence-corrected chi connectivity index (χ0v) is 12.3. The van der Waals surface area contributed by atoms with Crippen molar-refractivity contribution in [2.45, 2.75) is 26.3 Å². The van der Waals surface area contributed by atoms with E-state index in [0.29, 0.717) is 5.92 Å². The molecule has 19 heavy (non-hydrogen) atoms. The van der Waals surface area contributed by atoms with Crippen molar-refractivity contribution in [3.8, 4) is 0 Å². The number of hydrogen-bond acceptors (Lipinski definition) is 3. The van der Waals surface area contributed by atoms with E-state index in [1.54, 1.807) is 0 Å². The Morgan fingerprint density at radius 3 is 2.11 bits per heavy atom. The van der Waals surface area contributed by atoms with E-state index < -0.39 is 0 Å². The first-order valence-electron chi connectivity index (χ1n) is 7.42. The standard InChI is InChI=1S/C16H27N3/c1-14(2)16-5-3-15(4-6-16)13-19-11-9-18(8-7-17)10-12-19/h3-6,14H,7-13,17H2,1-2H3. The van der Waals surface area contributed by atoms with Crippen LogP contribution in [0.5, 0.6) is 0 Å². The van der Waals surface area contributed by atoms with Crippen LogP contribution in [0.1, 0.15) is 30.9 Å². The lowest BCUT2D eigenvalue weighted by molar-refractivity contribution is 0.130. The molecule has 0 spiro atoms. The van der Waals surface area contributed by atoms with Gasteiger partial charge in [-0.3, -0.25) is 9.80 Å². The molecule has 0 radical (unpaired) electrons. The summed E-state index contributed by atoms with van der Waals surface area (Å²) in [5, 5.41) is 0. The molecule has 1 aromatic carbocycles. The molecule has 0 saturated carbocycles. The van der Waals surface area contributed by atoms with Crippen molar-refractivity contribution < 1.29 is 0 Å². The summed E-state index contributed by atoms with van der Waals surface area (Å²) in [4.78, 5) is 5.00. The predicted molar refractivity (Wildman–Crippen MR) is 81.3 cm³/mol. The topological polar surface area (TPSA) is 32.5 Å². The summed E-state index contributed by atoms with van der Waals surface area (Å²) in [6.45, 7) is 12.0. The molecule has 1 heterocycles. The number of piperazine rings is 1. The van der Waals surface area contributed by atoms with Crippen molar-refractivity contribution in [2.24, 2.45) is 5.73 Å². The summed E-state index contributed by atoms with van der Waals surface area (Å²) in [6, 6.07) is 9.10. The molecule has 0 bridgehead atoms. The largest absolute Gasteiger partial charge is 0.329 e. The fraction of sp³-hybridized carbons (Fsp3) is 0.625. The number of hydrogen-bond donors (Lipinski definition) is 1. The van der Waals surface area contributed by atoms with Crippen LogP contribution in [0.2, 0.25) is 0 Å². The Kier molecular flexibility index (Phi) is 5.37. The minimum atomic E-state index is 0.619. The molecule has 0 amide bonds. The number of nitrogens with zero attached hydrogens (tertiary/aromatic N) is 2. The molecule has 1 saturated heterocycles. The Labute approximate surface area is 117 Å². The summed E-state index contributed by atoms with van der Waals surface area (Å²) in [6.07, 6.45) is 0. The molecule has 0 aliphatic carbocycles. The zero-order valence-electron chi connectivity index (χ0n) is 12.3. The third-order valence-electron chi connectivity index (χ3n) is 3.96. The molecule has 106 valence electrons. The van der Waals surface area contributed by atoms with Crippen LogP contribution in [0, 0.1) is 0 Å². The quantitative estimate of drug-likeness (QED) is 0.878. The van der Waals surface area contributed by atoms with E-state index in [9.17, 15) is 0 Å². The highest BCUT2D eigenvalue weighted by Crippen LogP contribution is 2.16. The van der Waals surface area contributed by atoms with Crippen molar-refractivity contribution in [1.29, 1.82) is 0 Å². The monoisotopic (exact) mass is 261 g/mol. The maximum atomic E-state index is 5.60. The lowest BCUT2D eigenvalue weighted by Gasteiger charge is -2.34. The molecule has 3 heteroatoms. The number of benzene rings is 1. The molecule has 1 aromatic rings. The van der Waals surface area contributed by atoms with Gasteiger partial charge in [0.1, 0.15) is 0 Å². The molecule has 0 atom stereocenters. The average molecular weight is 261 g/mol. The molecule has 3 nitrogen and oxygen atoms in total. The van der Waals surface area contributed by atoms with E-state index in [-0.39, 0.29) is 0 Å². The van der Waals surface area contributed by atoms with Gasteiger partial charge in [-0.05, 0) is 17.0 Å². The lowest BCUT2D eigenvalue weighted by atomic mass is 10.0. The highest BCUT2D eigenvalue weighted by atomic mass is 15.3. The number of rotatable bonds is 5. The van der Waals surface area contributed by atoms with Crippen LogP contribution in [0.15, 0.2) is 24.3 Å². The molecule has 2 N–H and O–H groups in total. The van der Waals surface area contributed by atoms with E-state index in [0.717, 1.165) is 45.8 Å². The third-order valence-corrected chi connectivity index (χ3v) is 3.96. The van der Waals surface area contributed by atoms with E-state index in [1.807, 2.05) is 0 Å². The Bertz CT molecular complexity index is 364. The summed E-state index contributed by atoms with van der Waals surface area (Å²) in [7, 11) is 0. The van der Waals surface area contributed by atoms with Gasteiger partial charge in [-0.15, -0.1) is 0 Å². The van der Waals surface area contributed by atoms with Gasteiger partial charge in [-0.2, -0.15) is 0 Å². The zero-order chi connectivity index (χ0) is 13.7. The first kappa shape index (κ1) is 14.5. The minimum absolute atomic E-state index is 0.619. The predicted octanol–water partition coefficient (Wildman–Crippen LogP) is 1.89. The normalized spacial score (nSPS) is 18.1. The lowest BCUT2D eigenvalue weighted by Crippen LogP contribution is -2.47. The summed E-state index contributed by atoms with van der Waals surface area (Å²) < 4.78 is 0. The third kappa shape index (κ3) is 4.30. The fourth-order valence-corrected chi connectivity index (χ4v) is 2.62. The second kappa shape index (κ2) is 7.04. The van der Waals surface area contributed by atoms with Gasteiger partial charge in [0, 0.05) is 45.8 Å². The van der Waals surface area contributed by atoms with Gasteiger partial charge < -0.3 is 5.73 Å². The van der Waals surface area contributed by atoms with Gasteiger partial charge in [0.2, 0.25) is 0 Å². The molecule has 1 aliphatic rings. The second-order valence-electron chi connectivity index (χ2n) is 5.80. The van der Waals surface area contributed by atoms with Gasteiger partial charge in [-0.25, -0.2) is 0 Å². The summed E-state index contributed by atoms with van der Waals surface area (Å²) in [5.74, 6) is 0.619. The van der Waals surface area contributed by atoms with Crippen LogP contribution < -0.4 is 5.73 Å². The first-order chi connectivity index (χ1) is 9.19. The molecule has 1 aliphatic heterocycles. The molecule has 0 aromatic heterocycles. The van der Waals surface area contributed by atoms with Gasteiger partial charge in [0.25, 0.3) is 0 Å². The van der Waals surface area contributed by atoms with Crippen molar-refractivity contribution in [3.05, 3.63) is 35.4 Å². The van der Waals surface area contributed by atoms with Crippen molar-refractivity contribution in [1.82, 2.24) is 9.80 Å². The number of nitrogens with two attached hydrogens (primary N) is 1. The molecular formula is C16H27N3. The van der Waals surface area contributed by atoms with Crippen molar-refractivity contribution in [2.75, 3.05) is 39.3 Å². The molecule has 0 unspecified atom stereocenters. The average Bonchev–Trinajstić information content (AvgIpc) is 2.42. The maximum Gasteiger partial charge on any atom is 0.0234 e. The second-order valence-corrected chi connectivity index (χ2v) is 5.80. The SMILES string of the molecule is CC(C)c1ccc(CN2CCN(CCN)CC2)cc1. The fourth-order valence-electron chi connectivity index (χ4n) is 2.62. The Morgan fingerprint density at radius 1 is 1.00 bits per heavy atom. The minimum Gasteiger partial charge on any atom is -0.329 e. The Morgan fingerprint density at radius 2 is 1.58 bits per heavy atom. The van der Waals surface area contributed by atoms with Crippen LogP contribution >= 0.6 is 0 Å². The molecular weight excluding hydrogens is 234 g/mol. The van der Waals surface area contributed by atoms with E-state index in [4.69, 9.17) is 5.73 Å². The molecule has 2 rings (SSSR count). The Hall–Kier alpha value is -0.900. The van der Waals surface area contributed by atoms with Crippen molar-refractivity contribution >= 4 is 0 Å². The Balaban J connectivity index is 1.82. The van der Waals surface area contributed by atoms with Gasteiger partial charge >= 0.3 is 0 Å². The highest BCUT2D eigenvalue weighted by Gasteiger charge is 2.16. The van der Waals surface area contributed by atoms with Gasteiger partial charge in [-0.1, -0.05) is 38.1 Å². The van der Waals surface area contributed by atoms with Crippen LogP contribution in [0.25, 0.3) is 0 Å². The van der Waals surface area contributed by atoms with Gasteiger partial charge in [0.15, 0.2) is 0 Å². The summed E-state index contributed by atoms with van der Waals surface area (Å²) in [5.41, 5.74) is 8.46. The smallest absolute Gasteiger partial charge is 0.0234 e. The maximum absolute atomic E-state index is 5.60. The van der Waals surface area contributed by atoms with Crippen LogP contribution in [-0.4, -0.2) is 49.1 Å². The summed E-state index contributed by atoms with van der Waals surface area (Å²) >= 11 is 0. The van der Waals surface area contributed by atoms with E-state index in [1.165, 1.54) is 11.1 Å². The molecule has 1 fully saturated rings. The van der Waals surface area contributed by atoms with E-state index >= 15 is 0 Å². The van der Waals surface area contributed by atoms with E-state index in [2.05, 4.69) is 47.9 Å². The van der Waals surface area contributed by atoms with Crippen LogP contribution in [0.3, 0.4) is 0 Å². The van der Waals surface area contributed by atoms with Crippen molar-refractivity contribution in [3.63, 3.8) is 0 Å².